The zero-order valence-electron chi connectivity index (χ0n) is 17.7. The highest BCUT2D eigenvalue weighted by Crippen LogP contribution is 2.25. The summed E-state index contributed by atoms with van der Waals surface area (Å²) >= 11 is 7.28. The minimum atomic E-state index is -3.77. The van der Waals surface area contributed by atoms with Crippen LogP contribution in [0, 0.1) is 0 Å². The number of nitrogens with one attached hydrogen (secondary N) is 1. The second-order valence-corrected chi connectivity index (χ2v) is 11.4. The molecule has 1 N–H and O–H groups in total. The normalized spacial score (nSPS) is 12.3. The topological polar surface area (TPSA) is 68.2 Å². The molecule has 0 saturated carbocycles. The van der Waals surface area contributed by atoms with Crippen molar-refractivity contribution in [3.63, 3.8) is 0 Å². The first kappa shape index (κ1) is 22.7. The van der Waals surface area contributed by atoms with Gasteiger partial charge in [-0.3, -0.25) is 9.36 Å². The van der Waals surface area contributed by atoms with E-state index in [1.807, 2.05) is 62.4 Å². The number of rotatable bonds is 7. The maximum absolute atomic E-state index is 13.1. The molecule has 0 aliphatic heterocycles. The summed E-state index contributed by atoms with van der Waals surface area (Å²) in [6.07, 6.45) is 0.552. The Balaban J connectivity index is 1.62. The molecule has 0 aliphatic carbocycles. The van der Waals surface area contributed by atoms with Crippen LogP contribution >= 0.6 is 22.9 Å². The summed E-state index contributed by atoms with van der Waals surface area (Å²) in [6, 6.07) is 21.9. The summed E-state index contributed by atoms with van der Waals surface area (Å²) in [4.78, 5) is 12.6. The van der Waals surface area contributed by atoms with E-state index in [9.17, 15) is 13.2 Å². The van der Waals surface area contributed by atoms with Crippen molar-refractivity contribution < 1.29 is 8.42 Å². The third-order valence-corrected chi connectivity index (χ3v) is 8.14. The first-order valence-corrected chi connectivity index (χ1v) is 12.8. The first-order valence-electron chi connectivity index (χ1n) is 10.1. The summed E-state index contributed by atoms with van der Waals surface area (Å²) in [5.41, 5.74) is 1.88. The molecule has 8 heteroatoms. The number of fused-ring (bicyclic) bond motifs is 1. The Morgan fingerprint density at radius 3 is 2.41 bits per heavy atom. The van der Waals surface area contributed by atoms with Crippen LogP contribution in [0.5, 0.6) is 0 Å². The Bertz CT molecular complexity index is 1420. The number of thiazole rings is 1. The van der Waals surface area contributed by atoms with Gasteiger partial charge in [0.2, 0.25) is 10.0 Å². The number of benzene rings is 3. The lowest BCUT2D eigenvalue weighted by molar-refractivity contribution is 0.450. The summed E-state index contributed by atoms with van der Waals surface area (Å²) in [5.74, 6) is 0. The molecular formula is C24H23ClN2O3S2. The summed E-state index contributed by atoms with van der Waals surface area (Å²) in [6.45, 7) is 4.04. The van der Waals surface area contributed by atoms with Gasteiger partial charge in [-0.15, -0.1) is 0 Å². The average Bonchev–Trinajstić information content (AvgIpc) is 3.03. The van der Waals surface area contributed by atoms with Gasteiger partial charge in [0.1, 0.15) is 0 Å². The van der Waals surface area contributed by atoms with Gasteiger partial charge >= 0.3 is 4.87 Å². The van der Waals surface area contributed by atoms with Gasteiger partial charge in [-0.2, -0.15) is 0 Å². The second kappa shape index (κ2) is 8.83. The van der Waals surface area contributed by atoms with Gasteiger partial charge in [0.15, 0.2) is 0 Å². The van der Waals surface area contributed by atoms with E-state index < -0.39 is 15.6 Å². The zero-order chi connectivity index (χ0) is 22.9. The minimum Gasteiger partial charge on any atom is -0.294 e. The fourth-order valence-corrected chi connectivity index (χ4v) is 6.36. The number of nitrogens with zero attached hydrogens (tertiary/aromatic N) is 1. The lowest BCUT2D eigenvalue weighted by Crippen LogP contribution is -2.44. The molecule has 4 rings (SSSR count). The molecule has 32 heavy (non-hydrogen) atoms. The largest absolute Gasteiger partial charge is 0.308 e. The van der Waals surface area contributed by atoms with Crippen molar-refractivity contribution in [1.82, 2.24) is 9.29 Å². The highest BCUT2D eigenvalue weighted by atomic mass is 35.5. The third-order valence-electron chi connectivity index (χ3n) is 5.14. The van der Waals surface area contributed by atoms with E-state index in [-0.39, 0.29) is 9.77 Å². The molecule has 0 bridgehead atoms. The van der Waals surface area contributed by atoms with E-state index in [1.165, 1.54) is 0 Å². The van der Waals surface area contributed by atoms with Gasteiger partial charge in [0, 0.05) is 10.6 Å². The standard InChI is InChI=1S/C24H23ClN2O3S2/c1-24(2,15-17-8-4-3-5-9-17)26-32(29,30)19-12-13-21-22(14-19)31-23(28)27(21)16-18-10-6-7-11-20(18)25/h3-14,26H,15-16H2,1-2H3. The number of aromatic nitrogens is 1. The highest BCUT2D eigenvalue weighted by molar-refractivity contribution is 7.89. The van der Waals surface area contributed by atoms with Crippen LogP contribution in [0.15, 0.2) is 82.5 Å². The van der Waals surface area contributed by atoms with Crippen molar-refractivity contribution >= 4 is 43.2 Å². The smallest absolute Gasteiger partial charge is 0.294 e. The maximum Gasteiger partial charge on any atom is 0.308 e. The van der Waals surface area contributed by atoms with E-state index in [4.69, 9.17) is 11.6 Å². The SMILES string of the molecule is CC(C)(Cc1ccccc1)NS(=O)(=O)c1ccc2c(c1)sc(=O)n2Cc1ccccc1Cl. The van der Waals surface area contributed by atoms with Crippen LogP contribution < -0.4 is 9.60 Å². The third kappa shape index (κ3) is 4.96. The van der Waals surface area contributed by atoms with Crippen LogP contribution in [-0.4, -0.2) is 18.5 Å². The molecule has 0 spiro atoms. The van der Waals surface area contributed by atoms with Crippen molar-refractivity contribution in [3.05, 3.63) is 98.6 Å². The number of hydrogen-bond donors (Lipinski definition) is 1. The van der Waals surface area contributed by atoms with Crippen LogP contribution in [0.1, 0.15) is 25.0 Å². The summed E-state index contributed by atoms with van der Waals surface area (Å²) in [5, 5.41) is 0.586. The van der Waals surface area contributed by atoms with Gasteiger partial charge in [-0.25, -0.2) is 13.1 Å². The van der Waals surface area contributed by atoms with E-state index in [1.54, 1.807) is 28.8 Å². The average molecular weight is 487 g/mol. The Kier molecular flexibility index (Phi) is 6.27. The van der Waals surface area contributed by atoms with Crippen molar-refractivity contribution in [1.29, 1.82) is 0 Å². The molecule has 0 amide bonds. The molecule has 4 aromatic rings. The molecule has 3 aromatic carbocycles. The van der Waals surface area contributed by atoms with Gasteiger partial charge in [0.05, 0.1) is 21.7 Å². The molecule has 5 nitrogen and oxygen atoms in total. The second-order valence-electron chi connectivity index (χ2n) is 8.33. The quantitative estimate of drug-likeness (QED) is 0.397. The zero-order valence-corrected chi connectivity index (χ0v) is 20.1. The maximum atomic E-state index is 13.1. The Hall–Kier alpha value is -2.45. The van der Waals surface area contributed by atoms with Crippen molar-refractivity contribution in [2.45, 2.75) is 37.2 Å². The Labute approximate surface area is 196 Å². The number of sulfonamides is 1. The predicted molar refractivity (Wildman–Crippen MR) is 131 cm³/mol. The fourth-order valence-electron chi connectivity index (χ4n) is 3.73. The van der Waals surface area contributed by atoms with Crippen LogP contribution in [0.25, 0.3) is 10.2 Å². The first-order chi connectivity index (χ1) is 15.1. The van der Waals surface area contributed by atoms with Crippen molar-refractivity contribution in [2.24, 2.45) is 0 Å². The molecule has 0 aliphatic rings. The summed E-state index contributed by atoms with van der Waals surface area (Å²) < 4.78 is 31.2. The van der Waals surface area contributed by atoms with Crippen LogP contribution in [-0.2, 0) is 23.0 Å². The van der Waals surface area contributed by atoms with Crippen molar-refractivity contribution in [3.8, 4) is 0 Å². The Morgan fingerprint density at radius 1 is 1.00 bits per heavy atom. The predicted octanol–water partition coefficient (Wildman–Crippen LogP) is 5.06. The van der Waals surface area contributed by atoms with Crippen molar-refractivity contribution in [2.75, 3.05) is 0 Å². The lowest BCUT2D eigenvalue weighted by Gasteiger charge is -2.26. The summed E-state index contributed by atoms with van der Waals surface area (Å²) in [7, 11) is -3.77. The van der Waals surface area contributed by atoms with Gasteiger partial charge in [-0.1, -0.05) is 71.5 Å². The van der Waals surface area contributed by atoms with Gasteiger partial charge in [0.25, 0.3) is 0 Å². The van der Waals surface area contributed by atoms with E-state index in [0.29, 0.717) is 28.2 Å². The molecule has 0 radical (unpaired) electrons. The van der Waals surface area contributed by atoms with Crippen LogP contribution in [0.2, 0.25) is 5.02 Å². The minimum absolute atomic E-state index is 0.136. The molecule has 0 unspecified atom stereocenters. The van der Waals surface area contributed by atoms with Crippen LogP contribution in [0.4, 0.5) is 0 Å². The monoisotopic (exact) mass is 486 g/mol. The molecule has 0 atom stereocenters. The fraction of sp³-hybridized carbons (Fsp3) is 0.208. The van der Waals surface area contributed by atoms with E-state index >= 15 is 0 Å². The molecular weight excluding hydrogens is 464 g/mol. The highest BCUT2D eigenvalue weighted by Gasteiger charge is 2.27. The lowest BCUT2D eigenvalue weighted by atomic mass is 9.96. The van der Waals surface area contributed by atoms with E-state index in [2.05, 4.69) is 4.72 Å². The molecule has 0 fully saturated rings. The van der Waals surface area contributed by atoms with Gasteiger partial charge in [-0.05, 0) is 55.7 Å². The van der Waals surface area contributed by atoms with Crippen LogP contribution in [0.3, 0.4) is 0 Å². The molecule has 1 aromatic heterocycles. The molecule has 0 saturated heterocycles. The number of halogens is 1. The molecule has 1 heterocycles. The molecule has 166 valence electrons. The number of hydrogen-bond acceptors (Lipinski definition) is 4. The van der Waals surface area contributed by atoms with E-state index in [0.717, 1.165) is 22.5 Å². The van der Waals surface area contributed by atoms with Gasteiger partial charge < -0.3 is 0 Å². The Morgan fingerprint density at radius 2 is 1.69 bits per heavy atom.